The predicted molar refractivity (Wildman–Crippen MR) is 80.5 cm³/mol. The molecule has 3 rings (SSSR count). The molecule has 2 aromatic rings. The normalized spacial score (nSPS) is 16.5. The van der Waals surface area contributed by atoms with Crippen LogP contribution in [0.1, 0.15) is 23.3 Å². The molecule has 1 aromatic carbocycles. The highest BCUT2D eigenvalue weighted by molar-refractivity contribution is 8.00. The van der Waals surface area contributed by atoms with Gasteiger partial charge in [-0.05, 0) is 43.4 Å². The van der Waals surface area contributed by atoms with Gasteiger partial charge in [0.25, 0.3) is 5.91 Å². The number of nitrogens with two attached hydrogens (primary N) is 1. The number of nitrogen functional groups attached to an aromatic ring is 1. The molecule has 1 fully saturated rings. The molecule has 0 radical (unpaired) electrons. The first kappa shape index (κ1) is 12.4. The molecular formula is C14H17N3OS. The third kappa shape index (κ3) is 2.42. The molecular weight excluding hydrogens is 258 g/mol. The Morgan fingerprint density at radius 2 is 2.26 bits per heavy atom. The van der Waals surface area contributed by atoms with E-state index in [2.05, 4.69) is 16.6 Å². The maximum absolute atomic E-state index is 12.1. The van der Waals surface area contributed by atoms with Crippen LogP contribution in [-0.2, 0) is 0 Å². The van der Waals surface area contributed by atoms with Gasteiger partial charge < -0.3 is 16.0 Å². The number of carbonyl (C=O) groups excluding carboxylic acids is 1. The number of H-pyrrole nitrogens is 1. The van der Waals surface area contributed by atoms with Crippen LogP contribution in [0, 0.1) is 0 Å². The largest absolute Gasteiger partial charge is 0.399 e. The summed E-state index contributed by atoms with van der Waals surface area (Å²) in [5.41, 5.74) is 7.97. The SMILES string of the molecule is CSC1(CNC(=O)c2cc3cc(N)ccc3[nH]2)CC1. The van der Waals surface area contributed by atoms with Crippen LogP contribution in [0.2, 0.25) is 0 Å². The minimum Gasteiger partial charge on any atom is -0.399 e. The van der Waals surface area contributed by atoms with E-state index in [0.29, 0.717) is 11.4 Å². The molecule has 0 atom stereocenters. The average Bonchev–Trinajstić information content (AvgIpc) is 3.07. The highest BCUT2D eigenvalue weighted by atomic mass is 32.2. The lowest BCUT2D eigenvalue weighted by molar-refractivity contribution is 0.0949. The summed E-state index contributed by atoms with van der Waals surface area (Å²) >= 11 is 1.84. The Balaban J connectivity index is 1.74. The molecule has 19 heavy (non-hydrogen) atoms. The Morgan fingerprint density at radius 1 is 1.47 bits per heavy atom. The van der Waals surface area contributed by atoms with Gasteiger partial charge in [0.1, 0.15) is 5.69 Å². The molecule has 1 amide bonds. The Kier molecular flexibility index (Phi) is 2.93. The van der Waals surface area contributed by atoms with Crippen LogP contribution in [0.3, 0.4) is 0 Å². The van der Waals surface area contributed by atoms with Crippen LogP contribution in [-0.4, -0.2) is 28.4 Å². The predicted octanol–water partition coefficient (Wildman–Crippen LogP) is 2.38. The number of aromatic nitrogens is 1. The molecule has 0 saturated heterocycles. The van der Waals surface area contributed by atoms with Crippen molar-refractivity contribution in [3.63, 3.8) is 0 Å². The zero-order valence-electron chi connectivity index (χ0n) is 10.8. The number of aromatic amines is 1. The summed E-state index contributed by atoms with van der Waals surface area (Å²) in [7, 11) is 0. The first-order valence-corrected chi connectivity index (χ1v) is 7.56. The minimum atomic E-state index is -0.0462. The fourth-order valence-electron chi connectivity index (χ4n) is 2.20. The highest BCUT2D eigenvalue weighted by Crippen LogP contribution is 2.46. The number of hydrogen-bond donors (Lipinski definition) is 3. The van der Waals surface area contributed by atoms with Crippen LogP contribution < -0.4 is 11.1 Å². The number of amides is 1. The third-order valence-electron chi connectivity index (χ3n) is 3.70. The standard InChI is InChI=1S/C14H17N3OS/c1-19-14(4-5-14)8-16-13(18)12-7-9-6-10(15)2-3-11(9)17-12/h2-3,6-7,17H,4-5,8,15H2,1H3,(H,16,18). The van der Waals surface area contributed by atoms with Crippen molar-refractivity contribution in [1.29, 1.82) is 0 Å². The van der Waals surface area contributed by atoms with Gasteiger partial charge in [-0.25, -0.2) is 0 Å². The maximum atomic E-state index is 12.1. The number of rotatable bonds is 4. The van der Waals surface area contributed by atoms with E-state index in [1.54, 1.807) is 0 Å². The van der Waals surface area contributed by atoms with Crippen molar-refractivity contribution in [1.82, 2.24) is 10.3 Å². The topological polar surface area (TPSA) is 70.9 Å². The number of thioether (sulfide) groups is 1. The van der Waals surface area contributed by atoms with Gasteiger partial charge in [-0.1, -0.05) is 0 Å². The van der Waals surface area contributed by atoms with Gasteiger partial charge in [0.05, 0.1) is 0 Å². The highest BCUT2D eigenvalue weighted by Gasteiger charge is 2.41. The Labute approximate surface area is 116 Å². The Morgan fingerprint density at radius 3 is 2.95 bits per heavy atom. The molecule has 0 unspecified atom stereocenters. The molecule has 4 nitrogen and oxygen atoms in total. The van der Waals surface area contributed by atoms with Crippen LogP contribution in [0.4, 0.5) is 5.69 Å². The molecule has 0 aliphatic heterocycles. The summed E-state index contributed by atoms with van der Waals surface area (Å²) in [6, 6.07) is 7.44. The minimum absolute atomic E-state index is 0.0462. The van der Waals surface area contributed by atoms with Crippen molar-refractivity contribution < 1.29 is 4.79 Å². The molecule has 1 saturated carbocycles. The number of carbonyl (C=O) groups is 1. The molecule has 1 aromatic heterocycles. The fraction of sp³-hybridized carbons (Fsp3) is 0.357. The van der Waals surface area contributed by atoms with E-state index in [1.165, 1.54) is 12.8 Å². The number of anilines is 1. The molecule has 0 bridgehead atoms. The molecule has 1 aliphatic rings. The van der Waals surface area contributed by atoms with E-state index < -0.39 is 0 Å². The number of nitrogens with one attached hydrogen (secondary N) is 2. The van der Waals surface area contributed by atoms with Gasteiger partial charge in [-0.3, -0.25) is 4.79 Å². The quantitative estimate of drug-likeness (QED) is 0.750. The van der Waals surface area contributed by atoms with Crippen LogP contribution in [0.5, 0.6) is 0 Å². The monoisotopic (exact) mass is 275 g/mol. The average molecular weight is 275 g/mol. The van der Waals surface area contributed by atoms with Gasteiger partial charge in [0.2, 0.25) is 0 Å². The third-order valence-corrected chi connectivity index (χ3v) is 5.12. The van der Waals surface area contributed by atoms with Crippen molar-refractivity contribution in [2.75, 3.05) is 18.5 Å². The van der Waals surface area contributed by atoms with Crippen molar-refractivity contribution in [2.24, 2.45) is 0 Å². The summed E-state index contributed by atoms with van der Waals surface area (Å²) in [4.78, 5) is 15.2. The van der Waals surface area contributed by atoms with E-state index in [1.807, 2.05) is 36.0 Å². The van der Waals surface area contributed by atoms with E-state index >= 15 is 0 Å². The van der Waals surface area contributed by atoms with E-state index in [-0.39, 0.29) is 10.7 Å². The van der Waals surface area contributed by atoms with Gasteiger partial charge in [-0.2, -0.15) is 11.8 Å². The second-order valence-corrected chi connectivity index (χ2v) is 6.37. The van der Waals surface area contributed by atoms with Crippen molar-refractivity contribution in [3.05, 3.63) is 30.0 Å². The van der Waals surface area contributed by atoms with Crippen molar-refractivity contribution in [2.45, 2.75) is 17.6 Å². The zero-order valence-corrected chi connectivity index (χ0v) is 11.6. The van der Waals surface area contributed by atoms with Crippen molar-refractivity contribution >= 4 is 34.3 Å². The smallest absolute Gasteiger partial charge is 0.267 e. The van der Waals surface area contributed by atoms with Gasteiger partial charge in [-0.15, -0.1) is 0 Å². The molecule has 100 valence electrons. The molecule has 1 aliphatic carbocycles. The summed E-state index contributed by atoms with van der Waals surface area (Å²) in [6.07, 6.45) is 4.49. The number of benzene rings is 1. The van der Waals surface area contributed by atoms with Crippen LogP contribution >= 0.6 is 11.8 Å². The lowest BCUT2D eigenvalue weighted by Gasteiger charge is -2.12. The second kappa shape index (κ2) is 4.49. The maximum Gasteiger partial charge on any atom is 0.267 e. The summed E-state index contributed by atoms with van der Waals surface area (Å²) in [6.45, 7) is 0.741. The van der Waals surface area contributed by atoms with E-state index in [4.69, 9.17) is 5.73 Å². The number of hydrogen-bond acceptors (Lipinski definition) is 3. The summed E-state index contributed by atoms with van der Waals surface area (Å²) in [5.74, 6) is -0.0462. The van der Waals surface area contributed by atoms with Crippen molar-refractivity contribution in [3.8, 4) is 0 Å². The molecule has 5 heteroatoms. The zero-order chi connectivity index (χ0) is 13.5. The van der Waals surface area contributed by atoms with E-state index in [9.17, 15) is 4.79 Å². The fourth-order valence-corrected chi connectivity index (χ4v) is 2.93. The first-order valence-electron chi connectivity index (χ1n) is 6.33. The van der Waals surface area contributed by atoms with Crippen LogP contribution in [0.25, 0.3) is 10.9 Å². The first-order chi connectivity index (χ1) is 9.12. The lowest BCUT2D eigenvalue weighted by Crippen LogP contribution is -2.31. The second-order valence-electron chi connectivity index (χ2n) is 5.10. The summed E-state index contributed by atoms with van der Waals surface area (Å²) in [5, 5.41) is 3.97. The Bertz CT molecular complexity index is 631. The summed E-state index contributed by atoms with van der Waals surface area (Å²) < 4.78 is 0.284. The van der Waals surface area contributed by atoms with E-state index in [0.717, 1.165) is 17.4 Å². The molecule has 0 spiro atoms. The molecule has 4 N–H and O–H groups in total. The van der Waals surface area contributed by atoms with Gasteiger partial charge in [0, 0.05) is 27.9 Å². The van der Waals surface area contributed by atoms with Gasteiger partial charge in [0.15, 0.2) is 0 Å². The molecule has 1 heterocycles. The Hall–Kier alpha value is -1.62. The lowest BCUT2D eigenvalue weighted by atomic mass is 10.2. The van der Waals surface area contributed by atoms with Crippen LogP contribution in [0.15, 0.2) is 24.3 Å². The van der Waals surface area contributed by atoms with Gasteiger partial charge >= 0.3 is 0 Å². The number of fused-ring (bicyclic) bond motifs is 1.